The van der Waals surface area contributed by atoms with Gasteiger partial charge in [0.2, 0.25) is 16.0 Å². The third kappa shape index (κ3) is 3.76. The molecule has 1 aliphatic heterocycles. The third-order valence-corrected chi connectivity index (χ3v) is 7.73. The van der Waals surface area contributed by atoms with Crippen molar-refractivity contribution in [3.8, 4) is 0 Å². The molecule has 0 spiro atoms. The average Bonchev–Trinajstić information content (AvgIpc) is 3.18. The van der Waals surface area contributed by atoms with E-state index in [1.807, 2.05) is 42.5 Å². The van der Waals surface area contributed by atoms with Crippen LogP contribution >= 0.6 is 0 Å². The van der Waals surface area contributed by atoms with Gasteiger partial charge in [0.1, 0.15) is 10.7 Å². The molecule has 1 saturated heterocycles. The van der Waals surface area contributed by atoms with Crippen molar-refractivity contribution in [2.24, 2.45) is 0 Å². The number of imidazole rings is 1. The summed E-state index contributed by atoms with van der Waals surface area (Å²) in [4.78, 5) is 6.69. The van der Waals surface area contributed by atoms with Gasteiger partial charge < -0.3 is 9.47 Å². The molecule has 2 heterocycles. The fourth-order valence-electron chi connectivity index (χ4n) is 4.15. The fraction of sp³-hybridized carbons (Fsp3) is 0.208. The molecule has 6 nitrogen and oxygen atoms in total. The highest BCUT2D eigenvalue weighted by molar-refractivity contribution is 7.89. The number of sulfonamides is 1. The molecule has 8 heteroatoms. The first-order valence-corrected chi connectivity index (χ1v) is 12.0. The number of anilines is 1. The SMILES string of the molecule is O=S(=O)(c1ccccc1F)N1CCN(c2nc3ccccc3n2Cc2ccccc2)CC1. The van der Waals surface area contributed by atoms with E-state index in [2.05, 4.69) is 21.6 Å². The topological polar surface area (TPSA) is 58.4 Å². The summed E-state index contributed by atoms with van der Waals surface area (Å²) < 4.78 is 43.5. The van der Waals surface area contributed by atoms with Crippen LogP contribution in [0.2, 0.25) is 0 Å². The Morgan fingerprint density at radius 1 is 0.812 bits per heavy atom. The summed E-state index contributed by atoms with van der Waals surface area (Å²) in [5.41, 5.74) is 3.10. The molecule has 1 fully saturated rings. The van der Waals surface area contributed by atoms with Crippen molar-refractivity contribution in [1.29, 1.82) is 0 Å². The minimum atomic E-state index is -3.88. The van der Waals surface area contributed by atoms with Gasteiger partial charge in [-0.25, -0.2) is 17.8 Å². The predicted molar refractivity (Wildman–Crippen MR) is 123 cm³/mol. The lowest BCUT2D eigenvalue weighted by atomic mass is 10.2. The monoisotopic (exact) mass is 450 g/mol. The maximum absolute atomic E-state index is 14.1. The third-order valence-electron chi connectivity index (χ3n) is 5.79. The van der Waals surface area contributed by atoms with Crippen LogP contribution in [0.3, 0.4) is 0 Å². The number of benzene rings is 3. The van der Waals surface area contributed by atoms with E-state index in [9.17, 15) is 12.8 Å². The number of hydrogen-bond acceptors (Lipinski definition) is 4. The molecule has 164 valence electrons. The number of aromatic nitrogens is 2. The van der Waals surface area contributed by atoms with Gasteiger partial charge in [-0.05, 0) is 29.8 Å². The Morgan fingerprint density at radius 3 is 2.22 bits per heavy atom. The maximum Gasteiger partial charge on any atom is 0.246 e. The largest absolute Gasteiger partial charge is 0.340 e. The second-order valence-corrected chi connectivity index (χ2v) is 9.70. The quantitative estimate of drug-likeness (QED) is 0.465. The molecule has 4 aromatic rings. The van der Waals surface area contributed by atoms with Gasteiger partial charge in [0.25, 0.3) is 0 Å². The summed E-state index contributed by atoms with van der Waals surface area (Å²) in [7, 11) is -3.88. The molecule has 0 radical (unpaired) electrons. The number of halogens is 1. The molecule has 32 heavy (non-hydrogen) atoms. The molecule has 5 rings (SSSR count). The molecule has 1 aromatic heterocycles. The number of nitrogens with zero attached hydrogens (tertiary/aromatic N) is 4. The summed E-state index contributed by atoms with van der Waals surface area (Å²) in [6, 6.07) is 23.7. The van der Waals surface area contributed by atoms with E-state index in [1.54, 1.807) is 0 Å². The Morgan fingerprint density at radius 2 is 1.47 bits per heavy atom. The van der Waals surface area contributed by atoms with Crippen molar-refractivity contribution in [2.75, 3.05) is 31.1 Å². The van der Waals surface area contributed by atoms with Gasteiger partial charge in [0.15, 0.2) is 0 Å². The van der Waals surface area contributed by atoms with Gasteiger partial charge in [-0.15, -0.1) is 0 Å². The van der Waals surface area contributed by atoms with E-state index >= 15 is 0 Å². The summed E-state index contributed by atoms with van der Waals surface area (Å²) in [5.74, 6) is 0.0950. The molecule has 1 aliphatic rings. The summed E-state index contributed by atoms with van der Waals surface area (Å²) in [6.07, 6.45) is 0. The first-order valence-electron chi connectivity index (χ1n) is 10.5. The van der Waals surface area contributed by atoms with Crippen LogP contribution in [0.25, 0.3) is 11.0 Å². The molecule has 0 bridgehead atoms. The fourth-order valence-corrected chi connectivity index (χ4v) is 5.63. The van der Waals surface area contributed by atoms with Gasteiger partial charge in [0.05, 0.1) is 17.6 Å². The maximum atomic E-state index is 14.1. The smallest absolute Gasteiger partial charge is 0.246 e. The number of hydrogen-bond donors (Lipinski definition) is 0. The van der Waals surface area contributed by atoms with Crippen LogP contribution in [0.5, 0.6) is 0 Å². The van der Waals surface area contributed by atoms with Gasteiger partial charge in [-0.3, -0.25) is 0 Å². The highest BCUT2D eigenvalue weighted by Crippen LogP contribution is 2.27. The van der Waals surface area contributed by atoms with Crippen molar-refractivity contribution in [1.82, 2.24) is 13.9 Å². The Balaban J connectivity index is 1.42. The molecule has 0 amide bonds. The van der Waals surface area contributed by atoms with Crippen LogP contribution in [0.1, 0.15) is 5.56 Å². The zero-order chi connectivity index (χ0) is 22.1. The van der Waals surface area contributed by atoms with Crippen LogP contribution in [-0.2, 0) is 16.6 Å². The lowest BCUT2D eigenvalue weighted by molar-refractivity contribution is 0.379. The van der Waals surface area contributed by atoms with Crippen LogP contribution in [0.4, 0.5) is 10.3 Å². The van der Waals surface area contributed by atoms with E-state index in [-0.39, 0.29) is 18.0 Å². The normalized spacial score (nSPS) is 15.3. The number of fused-ring (bicyclic) bond motifs is 1. The van der Waals surface area contributed by atoms with Gasteiger partial charge in [0, 0.05) is 26.2 Å². The predicted octanol–water partition coefficient (Wildman–Crippen LogP) is 3.73. The highest BCUT2D eigenvalue weighted by atomic mass is 32.2. The number of rotatable bonds is 5. The van der Waals surface area contributed by atoms with Crippen LogP contribution in [0, 0.1) is 5.82 Å². The zero-order valence-corrected chi connectivity index (χ0v) is 18.2. The van der Waals surface area contributed by atoms with Crippen molar-refractivity contribution >= 4 is 27.0 Å². The summed E-state index contributed by atoms with van der Waals surface area (Å²) >= 11 is 0. The van der Waals surface area contributed by atoms with Crippen molar-refractivity contribution in [2.45, 2.75) is 11.4 Å². The van der Waals surface area contributed by atoms with Gasteiger partial charge >= 0.3 is 0 Å². The average molecular weight is 451 g/mol. The first kappa shape index (κ1) is 20.7. The lowest BCUT2D eigenvalue weighted by Crippen LogP contribution is -2.49. The lowest BCUT2D eigenvalue weighted by Gasteiger charge is -2.34. The second kappa shape index (κ2) is 8.37. The molecule has 3 aromatic carbocycles. The Bertz CT molecular complexity index is 1350. The molecule has 0 N–H and O–H groups in total. The van der Waals surface area contributed by atoms with E-state index in [0.29, 0.717) is 19.6 Å². The standard InChI is InChI=1S/C24H23FN4O2S/c25-20-10-4-7-13-23(20)32(30,31)28-16-14-27(15-17-28)24-26-21-11-5-6-12-22(21)29(24)18-19-8-2-1-3-9-19/h1-13H,14-18H2. The molecule has 0 unspecified atom stereocenters. The van der Waals surface area contributed by atoms with E-state index < -0.39 is 15.8 Å². The zero-order valence-electron chi connectivity index (χ0n) is 17.4. The Kier molecular flexibility index (Phi) is 5.40. The second-order valence-electron chi connectivity index (χ2n) is 7.79. The Hall–Kier alpha value is -3.23. The van der Waals surface area contributed by atoms with Crippen LogP contribution < -0.4 is 4.90 Å². The van der Waals surface area contributed by atoms with E-state index in [1.165, 1.54) is 28.6 Å². The van der Waals surface area contributed by atoms with Crippen molar-refractivity contribution in [3.63, 3.8) is 0 Å². The van der Waals surface area contributed by atoms with E-state index in [4.69, 9.17) is 4.98 Å². The highest BCUT2D eigenvalue weighted by Gasteiger charge is 2.31. The van der Waals surface area contributed by atoms with Gasteiger partial charge in [-0.1, -0.05) is 54.6 Å². The van der Waals surface area contributed by atoms with E-state index in [0.717, 1.165) is 22.5 Å². The van der Waals surface area contributed by atoms with Crippen LogP contribution in [-0.4, -0.2) is 48.5 Å². The minimum Gasteiger partial charge on any atom is -0.340 e. The van der Waals surface area contributed by atoms with Crippen molar-refractivity contribution < 1.29 is 12.8 Å². The molecule has 0 atom stereocenters. The molecule has 0 saturated carbocycles. The number of para-hydroxylation sites is 2. The van der Waals surface area contributed by atoms with Crippen molar-refractivity contribution in [3.05, 3.63) is 90.2 Å². The molecular formula is C24H23FN4O2S. The molecular weight excluding hydrogens is 427 g/mol. The summed E-state index contributed by atoms with van der Waals surface area (Å²) in [5, 5.41) is 0. The minimum absolute atomic E-state index is 0.269. The van der Waals surface area contributed by atoms with Crippen LogP contribution in [0.15, 0.2) is 83.8 Å². The first-order chi connectivity index (χ1) is 15.5. The summed E-state index contributed by atoms with van der Waals surface area (Å²) in [6.45, 7) is 2.17. The Labute approximate surface area is 186 Å². The molecule has 0 aliphatic carbocycles. The van der Waals surface area contributed by atoms with Gasteiger partial charge in [-0.2, -0.15) is 4.31 Å². The number of piperazine rings is 1.